The summed E-state index contributed by atoms with van der Waals surface area (Å²) in [4.78, 5) is 33.4. The van der Waals surface area contributed by atoms with E-state index in [1.807, 2.05) is 0 Å². The average Bonchev–Trinajstić information content (AvgIpc) is 2.91. The van der Waals surface area contributed by atoms with Crippen LogP contribution >= 0.6 is 11.6 Å². The Morgan fingerprint density at radius 2 is 1.95 bits per heavy atom. The maximum atomic E-state index is 11.9. The molecule has 1 aromatic carbocycles. The summed E-state index contributed by atoms with van der Waals surface area (Å²) in [6, 6.07) is 2.83. The van der Waals surface area contributed by atoms with Gasteiger partial charge in [-0.3, -0.25) is 14.4 Å². The van der Waals surface area contributed by atoms with Gasteiger partial charge in [0.05, 0.1) is 11.6 Å². The van der Waals surface area contributed by atoms with Crippen molar-refractivity contribution in [3.63, 3.8) is 0 Å². The van der Waals surface area contributed by atoms with Gasteiger partial charge < -0.3 is 25.2 Å². The highest BCUT2D eigenvalue weighted by atomic mass is 35.5. The Morgan fingerprint density at radius 3 is 2.67 bits per heavy atom. The van der Waals surface area contributed by atoms with Gasteiger partial charge in [0.15, 0.2) is 11.5 Å². The minimum absolute atomic E-state index is 0.0255. The van der Waals surface area contributed by atoms with Crippen LogP contribution in [0.25, 0.3) is 0 Å². The van der Waals surface area contributed by atoms with Crippen molar-refractivity contribution in [3.8, 4) is 11.5 Å². The number of benzene rings is 1. The Hall–Kier alpha value is -2.48. The van der Waals surface area contributed by atoms with Crippen molar-refractivity contribution in [2.45, 2.75) is 0 Å². The lowest BCUT2D eigenvalue weighted by atomic mass is 10.2. The molecule has 21 heavy (non-hydrogen) atoms. The van der Waals surface area contributed by atoms with Crippen molar-refractivity contribution in [2.75, 3.05) is 19.9 Å². The Bertz CT molecular complexity index is 604. The molecule has 1 aromatic rings. The number of halogens is 1. The van der Waals surface area contributed by atoms with Crippen molar-refractivity contribution in [3.05, 3.63) is 22.7 Å². The van der Waals surface area contributed by atoms with Crippen LogP contribution < -0.4 is 20.1 Å². The molecule has 9 heteroatoms. The van der Waals surface area contributed by atoms with Crippen LogP contribution in [0.4, 0.5) is 0 Å². The summed E-state index contributed by atoms with van der Waals surface area (Å²) in [5.74, 6) is -1.61. The summed E-state index contributed by atoms with van der Waals surface area (Å²) in [7, 11) is 0. The monoisotopic (exact) mass is 314 g/mol. The van der Waals surface area contributed by atoms with E-state index in [0.717, 1.165) is 0 Å². The van der Waals surface area contributed by atoms with Crippen LogP contribution in [0.3, 0.4) is 0 Å². The highest BCUT2D eigenvalue weighted by Crippen LogP contribution is 2.39. The van der Waals surface area contributed by atoms with Crippen LogP contribution in [0.15, 0.2) is 12.1 Å². The van der Waals surface area contributed by atoms with Crippen LogP contribution in [-0.2, 0) is 9.59 Å². The van der Waals surface area contributed by atoms with E-state index < -0.39 is 24.3 Å². The lowest BCUT2D eigenvalue weighted by Crippen LogP contribution is -2.39. The quantitative estimate of drug-likeness (QED) is 0.705. The summed E-state index contributed by atoms with van der Waals surface area (Å²) >= 11 is 5.94. The first-order valence-corrected chi connectivity index (χ1v) is 6.21. The first-order chi connectivity index (χ1) is 9.97. The second kappa shape index (κ2) is 6.31. The zero-order valence-electron chi connectivity index (χ0n) is 10.6. The standard InChI is InChI=1S/C12H11ClN2O6/c13-7-1-6(2-8-11(7)21-5-20-8)12(19)15-3-9(16)14-4-10(17)18/h1-2H,3-5H2,(H,14,16)(H,15,19)(H,17,18). The summed E-state index contributed by atoms with van der Waals surface area (Å²) < 4.78 is 10.2. The molecule has 0 saturated heterocycles. The summed E-state index contributed by atoms with van der Waals surface area (Å²) in [6.07, 6.45) is 0. The van der Waals surface area contributed by atoms with E-state index in [-0.39, 0.29) is 23.9 Å². The predicted molar refractivity (Wildman–Crippen MR) is 70.6 cm³/mol. The molecule has 0 atom stereocenters. The molecule has 1 aliphatic rings. The third kappa shape index (κ3) is 3.76. The smallest absolute Gasteiger partial charge is 0.322 e. The largest absolute Gasteiger partial charge is 0.480 e. The van der Waals surface area contributed by atoms with E-state index in [1.54, 1.807) is 0 Å². The number of hydrogen-bond donors (Lipinski definition) is 3. The Morgan fingerprint density at radius 1 is 1.19 bits per heavy atom. The minimum Gasteiger partial charge on any atom is -0.480 e. The third-order valence-corrected chi connectivity index (χ3v) is 2.82. The van der Waals surface area contributed by atoms with Gasteiger partial charge in [0.1, 0.15) is 6.54 Å². The molecule has 0 fully saturated rings. The van der Waals surface area contributed by atoms with Gasteiger partial charge in [-0.2, -0.15) is 0 Å². The molecule has 0 unspecified atom stereocenters. The van der Waals surface area contributed by atoms with Crippen molar-refractivity contribution in [1.82, 2.24) is 10.6 Å². The van der Waals surface area contributed by atoms with Gasteiger partial charge in [-0.25, -0.2) is 0 Å². The lowest BCUT2D eigenvalue weighted by Gasteiger charge is -2.07. The summed E-state index contributed by atoms with van der Waals surface area (Å²) in [6.45, 7) is -0.833. The Kier molecular flexibility index (Phi) is 4.49. The maximum absolute atomic E-state index is 11.9. The summed E-state index contributed by atoms with van der Waals surface area (Å²) in [5, 5.41) is 13.1. The van der Waals surface area contributed by atoms with Crippen molar-refractivity contribution < 1.29 is 29.0 Å². The fraction of sp³-hybridized carbons (Fsp3) is 0.250. The normalized spacial score (nSPS) is 11.9. The molecule has 1 heterocycles. The number of amides is 2. The van der Waals surface area contributed by atoms with Crippen molar-refractivity contribution in [1.29, 1.82) is 0 Å². The van der Waals surface area contributed by atoms with E-state index in [4.69, 9.17) is 26.2 Å². The molecule has 2 rings (SSSR count). The van der Waals surface area contributed by atoms with E-state index in [2.05, 4.69) is 10.6 Å². The molecule has 0 bridgehead atoms. The van der Waals surface area contributed by atoms with Gasteiger partial charge in [0, 0.05) is 5.56 Å². The number of carboxylic acid groups (broad SMARTS) is 1. The molecular weight excluding hydrogens is 304 g/mol. The highest BCUT2D eigenvalue weighted by Gasteiger charge is 2.20. The molecule has 8 nitrogen and oxygen atoms in total. The fourth-order valence-electron chi connectivity index (χ4n) is 1.60. The zero-order chi connectivity index (χ0) is 15.4. The lowest BCUT2D eigenvalue weighted by molar-refractivity contribution is -0.137. The third-order valence-electron chi connectivity index (χ3n) is 2.54. The predicted octanol–water partition coefficient (Wildman–Crippen LogP) is -0.000700. The van der Waals surface area contributed by atoms with E-state index in [0.29, 0.717) is 11.5 Å². The number of ether oxygens (including phenoxy) is 2. The van der Waals surface area contributed by atoms with Gasteiger partial charge >= 0.3 is 5.97 Å². The fourth-order valence-corrected chi connectivity index (χ4v) is 1.86. The molecule has 112 valence electrons. The number of hydrogen-bond acceptors (Lipinski definition) is 5. The van der Waals surface area contributed by atoms with Crippen LogP contribution in [0.2, 0.25) is 5.02 Å². The topological polar surface area (TPSA) is 114 Å². The van der Waals surface area contributed by atoms with Crippen LogP contribution in [0.5, 0.6) is 11.5 Å². The van der Waals surface area contributed by atoms with Crippen molar-refractivity contribution in [2.24, 2.45) is 0 Å². The second-order valence-electron chi connectivity index (χ2n) is 4.05. The zero-order valence-corrected chi connectivity index (χ0v) is 11.4. The molecule has 3 N–H and O–H groups in total. The number of carboxylic acids is 1. The van der Waals surface area contributed by atoms with Gasteiger partial charge in [-0.15, -0.1) is 0 Å². The number of carbonyl (C=O) groups is 3. The van der Waals surface area contributed by atoms with Gasteiger partial charge in [-0.1, -0.05) is 11.6 Å². The molecule has 2 amide bonds. The highest BCUT2D eigenvalue weighted by molar-refractivity contribution is 6.32. The Balaban J connectivity index is 1.93. The van der Waals surface area contributed by atoms with Crippen molar-refractivity contribution >= 4 is 29.4 Å². The summed E-state index contributed by atoms with van der Waals surface area (Å²) in [5.41, 5.74) is 0.204. The molecule has 0 saturated carbocycles. The van der Waals surface area contributed by atoms with E-state index in [9.17, 15) is 14.4 Å². The van der Waals surface area contributed by atoms with Crippen LogP contribution in [0.1, 0.15) is 10.4 Å². The average molecular weight is 315 g/mol. The van der Waals surface area contributed by atoms with E-state index >= 15 is 0 Å². The maximum Gasteiger partial charge on any atom is 0.322 e. The number of nitrogens with one attached hydrogen (secondary N) is 2. The molecule has 0 radical (unpaired) electrons. The first-order valence-electron chi connectivity index (χ1n) is 5.83. The molecular formula is C12H11ClN2O6. The second-order valence-corrected chi connectivity index (χ2v) is 4.45. The van der Waals surface area contributed by atoms with E-state index in [1.165, 1.54) is 12.1 Å². The molecule has 0 aliphatic carbocycles. The van der Waals surface area contributed by atoms with Gasteiger partial charge in [0.25, 0.3) is 5.91 Å². The molecule has 0 spiro atoms. The minimum atomic E-state index is -1.17. The Labute approximate surface area is 124 Å². The SMILES string of the molecule is O=C(O)CNC(=O)CNC(=O)c1cc(Cl)c2c(c1)OCO2. The van der Waals surface area contributed by atoms with Crippen LogP contribution in [0, 0.1) is 0 Å². The number of carbonyl (C=O) groups excluding carboxylic acids is 2. The molecule has 0 aromatic heterocycles. The van der Waals surface area contributed by atoms with Gasteiger partial charge in [0.2, 0.25) is 12.7 Å². The number of rotatable bonds is 5. The van der Waals surface area contributed by atoms with Crippen LogP contribution in [-0.4, -0.2) is 42.8 Å². The number of aliphatic carboxylic acids is 1. The first kappa shape index (κ1) is 14.9. The molecule has 1 aliphatic heterocycles. The van der Waals surface area contributed by atoms with Gasteiger partial charge in [-0.05, 0) is 12.1 Å². The number of fused-ring (bicyclic) bond motifs is 1.